The van der Waals surface area contributed by atoms with Gasteiger partial charge in [0.05, 0.1) is 0 Å². The van der Waals surface area contributed by atoms with Gasteiger partial charge in [-0.25, -0.2) is 0 Å². The fourth-order valence-electron chi connectivity index (χ4n) is 1.85. The summed E-state index contributed by atoms with van der Waals surface area (Å²) >= 11 is 0. The minimum absolute atomic E-state index is 0.484. The lowest BCUT2D eigenvalue weighted by Crippen LogP contribution is -2.47. The summed E-state index contributed by atoms with van der Waals surface area (Å²) in [4.78, 5) is 13.3. The molecule has 0 aromatic carbocycles. The van der Waals surface area contributed by atoms with Crippen molar-refractivity contribution >= 4 is 5.97 Å². The van der Waals surface area contributed by atoms with Gasteiger partial charge in [0.2, 0.25) is 0 Å². The molecule has 2 unspecified atom stereocenters. The van der Waals surface area contributed by atoms with Crippen molar-refractivity contribution in [3.05, 3.63) is 0 Å². The lowest BCUT2D eigenvalue weighted by atomic mass is 9.92. The molecule has 4 heteroatoms. The molecule has 0 aromatic heterocycles. The second-order valence-corrected chi connectivity index (χ2v) is 5.19. The van der Waals surface area contributed by atoms with Crippen LogP contribution < -0.4 is 5.73 Å². The fraction of sp³-hybridized carbons (Fsp3) is 0.923. The summed E-state index contributed by atoms with van der Waals surface area (Å²) in [6.07, 6.45) is 3.04. The highest BCUT2D eigenvalue weighted by Crippen LogP contribution is 2.15. The van der Waals surface area contributed by atoms with Crippen LogP contribution in [-0.4, -0.2) is 41.7 Å². The Morgan fingerprint density at radius 1 is 1.47 bits per heavy atom. The molecule has 2 atom stereocenters. The minimum Gasteiger partial charge on any atom is -0.480 e. The van der Waals surface area contributed by atoms with Gasteiger partial charge in [-0.15, -0.1) is 0 Å². The molecule has 0 aliphatic rings. The number of nitrogens with zero attached hydrogens (tertiary/aromatic N) is 1. The zero-order chi connectivity index (χ0) is 13.5. The molecule has 102 valence electrons. The van der Waals surface area contributed by atoms with Crippen molar-refractivity contribution in [2.24, 2.45) is 11.7 Å². The average molecular weight is 244 g/mol. The van der Waals surface area contributed by atoms with E-state index in [2.05, 4.69) is 25.8 Å². The van der Waals surface area contributed by atoms with Crippen molar-refractivity contribution in [1.29, 1.82) is 0 Å². The number of carboxylic acids is 1. The van der Waals surface area contributed by atoms with Crippen LogP contribution in [0.3, 0.4) is 0 Å². The molecule has 0 amide bonds. The van der Waals surface area contributed by atoms with Crippen LogP contribution in [0.25, 0.3) is 0 Å². The maximum atomic E-state index is 11.0. The standard InChI is InChI=1S/C13H28N2O2/c1-5-11(3)10-15(4)9-7-8-13(14,6-2)12(16)17/h11H,5-10,14H2,1-4H3,(H,16,17). The Morgan fingerprint density at radius 3 is 2.47 bits per heavy atom. The van der Waals surface area contributed by atoms with Gasteiger partial charge >= 0.3 is 5.97 Å². The van der Waals surface area contributed by atoms with Crippen molar-refractivity contribution in [1.82, 2.24) is 4.90 Å². The molecule has 0 aliphatic heterocycles. The first-order valence-electron chi connectivity index (χ1n) is 6.56. The van der Waals surface area contributed by atoms with Crippen LogP contribution in [0.5, 0.6) is 0 Å². The Labute approximate surface area is 105 Å². The third-order valence-electron chi connectivity index (χ3n) is 3.54. The molecule has 0 fully saturated rings. The molecule has 0 saturated heterocycles. The van der Waals surface area contributed by atoms with Gasteiger partial charge < -0.3 is 15.7 Å². The summed E-state index contributed by atoms with van der Waals surface area (Å²) < 4.78 is 0. The molecule has 0 aliphatic carbocycles. The van der Waals surface area contributed by atoms with E-state index in [9.17, 15) is 4.79 Å². The van der Waals surface area contributed by atoms with E-state index in [4.69, 9.17) is 10.8 Å². The van der Waals surface area contributed by atoms with Gasteiger partial charge in [-0.1, -0.05) is 27.2 Å². The van der Waals surface area contributed by atoms with Gasteiger partial charge in [0.1, 0.15) is 5.54 Å². The molecule has 3 N–H and O–H groups in total. The summed E-state index contributed by atoms with van der Waals surface area (Å²) in [6, 6.07) is 0. The molecule has 0 heterocycles. The largest absolute Gasteiger partial charge is 0.480 e. The van der Waals surface area contributed by atoms with E-state index in [1.165, 1.54) is 6.42 Å². The monoisotopic (exact) mass is 244 g/mol. The van der Waals surface area contributed by atoms with Crippen LogP contribution in [0.2, 0.25) is 0 Å². The number of aliphatic carboxylic acids is 1. The first-order valence-corrected chi connectivity index (χ1v) is 6.56. The highest BCUT2D eigenvalue weighted by Gasteiger charge is 2.30. The molecule has 0 bridgehead atoms. The van der Waals surface area contributed by atoms with Gasteiger partial charge in [0.15, 0.2) is 0 Å². The summed E-state index contributed by atoms with van der Waals surface area (Å²) in [5.41, 5.74) is 4.79. The Bertz CT molecular complexity index is 233. The van der Waals surface area contributed by atoms with Crippen LogP contribution in [0.15, 0.2) is 0 Å². The highest BCUT2D eigenvalue weighted by atomic mass is 16.4. The van der Waals surface area contributed by atoms with Crippen LogP contribution in [0.1, 0.15) is 46.5 Å². The first-order chi connectivity index (χ1) is 7.85. The van der Waals surface area contributed by atoms with Crippen molar-refractivity contribution in [2.45, 2.75) is 52.0 Å². The Balaban J connectivity index is 3.93. The zero-order valence-electron chi connectivity index (χ0n) is 11.7. The maximum absolute atomic E-state index is 11.0. The molecule has 4 nitrogen and oxygen atoms in total. The van der Waals surface area contributed by atoms with Gasteiger partial charge in [0.25, 0.3) is 0 Å². The van der Waals surface area contributed by atoms with E-state index in [0.717, 1.165) is 19.5 Å². The Kier molecular flexibility index (Phi) is 7.39. The molecule has 0 aromatic rings. The third-order valence-corrected chi connectivity index (χ3v) is 3.54. The minimum atomic E-state index is -1.04. The number of hydrogen-bond donors (Lipinski definition) is 2. The topological polar surface area (TPSA) is 66.6 Å². The molecular weight excluding hydrogens is 216 g/mol. The van der Waals surface area contributed by atoms with Crippen LogP contribution in [0.4, 0.5) is 0 Å². The van der Waals surface area contributed by atoms with Crippen molar-refractivity contribution in [2.75, 3.05) is 20.1 Å². The predicted octanol–water partition coefficient (Wildman–Crippen LogP) is 1.94. The fourth-order valence-corrected chi connectivity index (χ4v) is 1.85. The van der Waals surface area contributed by atoms with Gasteiger partial charge in [-0.3, -0.25) is 4.79 Å². The molecule has 0 radical (unpaired) electrons. The van der Waals surface area contributed by atoms with Crippen molar-refractivity contribution in [3.8, 4) is 0 Å². The number of carboxylic acid groups (broad SMARTS) is 1. The lowest BCUT2D eigenvalue weighted by molar-refractivity contribution is -0.143. The first kappa shape index (κ1) is 16.4. The average Bonchev–Trinajstić information content (AvgIpc) is 2.28. The molecule has 17 heavy (non-hydrogen) atoms. The summed E-state index contributed by atoms with van der Waals surface area (Å²) in [7, 11) is 2.08. The van der Waals surface area contributed by atoms with E-state index in [1.54, 1.807) is 0 Å². The molecule has 0 saturated carbocycles. The zero-order valence-corrected chi connectivity index (χ0v) is 11.7. The Morgan fingerprint density at radius 2 is 2.06 bits per heavy atom. The summed E-state index contributed by atoms with van der Waals surface area (Å²) in [6.45, 7) is 8.22. The van der Waals surface area contributed by atoms with E-state index in [-0.39, 0.29) is 0 Å². The van der Waals surface area contributed by atoms with Gasteiger partial charge in [-0.2, -0.15) is 0 Å². The molecule has 0 rings (SSSR count). The van der Waals surface area contributed by atoms with Crippen LogP contribution >= 0.6 is 0 Å². The lowest BCUT2D eigenvalue weighted by Gasteiger charge is -2.25. The quantitative estimate of drug-likeness (QED) is 0.650. The third kappa shape index (κ3) is 6.03. The van der Waals surface area contributed by atoms with Crippen LogP contribution in [-0.2, 0) is 4.79 Å². The number of carbonyl (C=O) groups is 1. The van der Waals surface area contributed by atoms with E-state index in [1.807, 2.05) is 6.92 Å². The maximum Gasteiger partial charge on any atom is 0.323 e. The summed E-state index contributed by atoms with van der Waals surface area (Å²) in [5, 5.41) is 9.04. The van der Waals surface area contributed by atoms with Gasteiger partial charge in [-0.05, 0) is 38.8 Å². The van der Waals surface area contributed by atoms with E-state index < -0.39 is 11.5 Å². The number of nitrogens with two attached hydrogens (primary N) is 1. The SMILES string of the molecule is CCC(C)CN(C)CCCC(N)(CC)C(=O)O. The number of hydrogen-bond acceptors (Lipinski definition) is 3. The van der Waals surface area contributed by atoms with Crippen molar-refractivity contribution in [3.63, 3.8) is 0 Å². The van der Waals surface area contributed by atoms with Crippen LogP contribution in [0, 0.1) is 5.92 Å². The van der Waals surface area contributed by atoms with E-state index >= 15 is 0 Å². The second kappa shape index (κ2) is 7.67. The number of rotatable bonds is 9. The van der Waals surface area contributed by atoms with Crippen molar-refractivity contribution < 1.29 is 9.90 Å². The Hall–Kier alpha value is -0.610. The second-order valence-electron chi connectivity index (χ2n) is 5.19. The van der Waals surface area contributed by atoms with E-state index in [0.29, 0.717) is 18.8 Å². The normalized spacial score (nSPS) is 16.8. The predicted molar refractivity (Wildman–Crippen MR) is 71.0 cm³/mol. The summed E-state index contributed by atoms with van der Waals surface area (Å²) in [5.74, 6) is -0.196. The molecule has 0 spiro atoms. The van der Waals surface area contributed by atoms with Gasteiger partial charge in [0, 0.05) is 6.54 Å². The highest BCUT2D eigenvalue weighted by molar-refractivity contribution is 5.78. The smallest absolute Gasteiger partial charge is 0.323 e. The molecular formula is C13H28N2O2.